The van der Waals surface area contributed by atoms with Gasteiger partial charge < -0.3 is 14.5 Å². The average Bonchev–Trinajstić information content (AvgIpc) is 3.00. The highest BCUT2D eigenvalue weighted by Gasteiger charge is 2.17. The summed E-state index contributed by atoms with van der Waals surface area (Å²) in [5.74, 6) is -0.499. The number of esters is 1. The van der Waals surface area contributed by atoms with Gasteiger partial charge in [-0.05, 0) is 34.1 Å². The van der Waals surface area contributed by atoms with Gasteiger partial charge in [0.15, 0.2) is 0 Å². The van der Waals surface area contributed by atoms with Gasteiger partial charge in [0.05, 0.1) is 26.0 Å². The molecule has 3 rings (SSSR count). The van der Waals surface area contributed by atoms with E-state index in [0.29, 0.717) is 26.4 Å². The number of amides is 1. The number of fused-ring (bicyclic) bond motifs is 1. The van der Waals surface area contributed by atoms with Crippen molar-refractivity contribution in [3.8, 4) is 0 Å². The summed E-state index contributed by atoms with van der Waals surface area (Å²) < 4.78 is 10.9. The lowest BCUT2D eigenvalue weighted by Gasteiger charge is -2.02. The van der Waals surface area contributed by atoms with Crippen molar-refractivity contribution in [3.63, 3.8) is 0 Å². The first-order valence-corrected chi connectivity index (χ1v) is 8.21. The molecule has 25 heavy (non-hydrogen) atoms. The van der Waals surface area contributed by atoms with Crippen LogP contribution < -0.4 is 5.32 Å². The fourth-order valence-corrected chi connectivity index (χ4v) is 2.76. The number of rotatable bonds is 4. The van der Waals surface area contributed by atoms with E-state index in [-0.39, 0.29) is 17.8 Å². The summed E-state index contributed by atoms with van der Waals surface area (Å²) in [5.41, 5.74) is 0.743. The number of aromatic nitrogens is 2. The Bertz CT molecular complexity index is 973. The van der Waals surface area contributed by atoms with Crippen LogP contribution in [-0.4, -0.2) is 29.0 Å². The fourth-order valence-electron chi connectivity index (χ4n) is 2.23. The number of ether oxygens (including phenoxy) is 1. The zero-order chi connectivity index (χ0) is 18.0. The van der Waals surface area contributed by atoms with Crippen LogP contribution in [0.3, 0.4) is 0 Å². The normalized spacial score (nSPS) is 10.7. The molecular weight excluding hydrogens is 414 g/mol. The lowest BCUT2D eigenvalue weighted by Crippen LogP contribution is -2.23. The van der Waals surface area contributed by atoms with E-state index in [4.69, 9.17) is 20.8 Å². The third-order valence-electron chi connectivity index (χ3n) is 3.30. The van der Waals surface area contributed by atoms with Gasteiger partial charge >= 0.3 is 5.97 Å². The standard InChI is InChI=1S/C16H11BrClN3O4/c1-24-16(23)11-4-9(18)2-8-3-10(25-14(8)11)5-20-15(22)12-6-19-7-13(17)21-12/h2-4,6-7H,5H2,1H3,(H,20,22). The molecule has 2 aromatic heterocycles. The summed E-state index contributed by atoms with van der Waals surface area (Å²) in [6.07, 6.45) is 2.84. The highest BCUT2D eigenvalue weighted by atomic mass is 79.9. The van der Waals surface area contributed by atoms with Gasteiger partial charge in [-0.15, -0.1) is 0 Å². The summed E-state index contributed by atoms with van der Waals surface area (Å²) in [6.45, 7) is 0.111. The molecule has 1 N–H and O–H groups in total. The van der Waals surface area contributed by atoms with Crippen molar-refractivity contribution in [2.75, 3.05) is 7.11 Å². The first kappa shape index (κ1) is 17.4. The Morgan fingerprint density at radius 2 is 2.12 bits per heavy atom. The molecule has 0 fully saturated rings. The smallest absolute Gasteiger partial charge is 0.341 e. The summed E-state index contributed by atoms with van der Waals surface area (Å²) in [4.78, 5) is 31.8. The predicted octanol–water partition coefficient (Wildman–Crippen LogP) is 3.36. The van der Waals surface area contributed by atoms with Gasteiger partial charge in [0.1, 0.15) is 27.2 Å². The van der Waals surface area contributed by atoms with Crippen LogP contribution in [0, 0.1) is 0 Å². The molecule has 7 nitrogen and oxygen atoms in total. The van der Waals surface area contributed by atoms with Crippen LogP contribution in [0.15, 0.2) is 39.6 Å². The number of nitrogens with one attached hydrogen (secondary N) is 1. The van der Waals surface area contributed by atoms with Crippen molar-refractivity contribution in [1.29, 1.82) is 0 Å². The van der Waals surface area contributed by atoms with E-state index in [9.17, 15) is 9.59 Å². The maximum absolute atomic E-state index is 12.1. The molecule has 0 aliphatic heterocycles. The zero-order valence-electron chi connectivity index (χ0n) is 12.9. The number of carbonyl (C=O) groups is 2. The molecule has 1 aromatic carbocycles. The first-order valence-electron chi connectivity index (χ1n) is 7.04. The Kier molecular flexibility index (Phi) is 5.00. The van der Waals surface area contributed by atoms with E-state index >= 15 is 0 Å². The number of carbonyl (C=O) groups excluding carboxylic acids is 2. The number of halogens is 2. The Labute approximate surface area is 155 Å². The molecule has 0 saturated carbocycles. The second-order valence-corrected chi connectivity index (χ2v) is 6.23. The molecule has 0 spiro atoms. The third kappa shape index (κ3) is 3.80. The van der Waals surface area contributed by atoms with E-state index in [1.807, 2.05) is 0 Å². The van der Waals surface area contributed by atoms with Crippen LogP contribution in [0.25, 0.3) is 11.0 Å². The van der Waals surface area contributed by atoms with Crippen molar-refractivity contribution in [2.45, 2.75) is 6.54 Å². The quantitative estimate of drug-likeness (QED) is 0.646. The molecule has 0 unspecified atom stereocenters. The number of methoxy groups -OCH3 is 1. The number of hydrogen-bond acceptors (Lipinski definition) is 6. The van der Waals surface area contributed by atoms with Crippen molar-refractivity contribution in [3.05, 3.63) is 57.2 Å². The average molecular weight is 425 g/mol. The van der Waals surface area contributed by atoms with Gasteiger partial charge in [-0.3, -0.25) is 9.78 Å². The fraction of sp³-hybridized carbons (Fsp3) is 0.125. The van der Waals surface area contributed by atoms with E-state index in [0.717, 1.165) is 0 Å². The van der Waals surface area contributed by atoms with E-state index in [1.165, 1.54) is 25.6 Å². The van der Waals surface area contributed by atoms with Crippen molar-refractivity contribution in [1.82, 2.24) is 15.3 Å². The van der Waals surface area contributed by atoms with Crippen LogP contribution in [0.4, 0.5) is 0 Å². The van der Waals surface area contributed by atoms with Crippen LogP contribution in [0.2, 0.25) is 5.02 Å². The summed E-state index contributed by atoms with van der Waals surface area (Å²) in [6, 6.07) is 4.83. The molecule has 9 heteroatoms. The van der Waals surface area contributed by atoms with Gasteiger partial charge in [0.2, 0.25) is 0 Å². The maximum atomic E-state index is 12.1. The van der Waals surface area contributed by atoms with Gasteiger partial charge in [-0.1, -0.05) is 11.6 Å². The largest absolute Gasteiger partial charge is 0.465 e. The minimum atomic E-state index is -0.554. The Morgan fingerprint density at radius 1 is 1.32 bits per heavy atom. The summed E-state index contributed by atoms with van der Waals surface area (Å²) in [5, 5.41) is 3.70. The lowest BCUT2D eigenvalue weighted by molar-refractivity contribution is 0.0601. The molecular formula is C16H11BrClN3O4. The SMILES string of the molecule is COC(=O)c1cc(Cl)cc2cc(CNC(=O)c3cncc(Br)n3)oc12. The molecule has 3 aromatic rings. The minimum Gasteiger partial charge on any atom is -0.465 e. The van der Waals surface area contributed by atoms with Gasteiger partial charge in [-0.2, -0.15) is 0 Å². The van der Waals surface area contributed by atoms with Crippen molar-refractivity contribution in [2.24, 2.45) is 0 Å². The third-order valence-corrected chi connectivity index (χ3v) is 3.90. The summed E-state index contributed by atoms with van der Waals surface area (Å²) >= 11 is 9.17. The van der Waals surface area contributed by atoms with Crippen LogP contribution in [-0.2, 0) is 11.3 Å². The first-order chi connectivity index (χ1) is 12.0. The Morgan fingerprint density at radius 3 is 2.84 bits per heavy atom. The number of benzene rings is 1. The topological polar surface area (TPSA) is 94.3 Å². The van der Waals surface area contributed by atoms with Crippen molar-refractivity contribution >= 4 is 50.4 Å². The lowest BCUT2D eigenvalue weighted by atomic mass is 10.1. The van der Waals surface area contributed by atoms with Crippen molar-refractivity contribution < 1.29 is 18.7 Å². The van der Waals surface area contributed by atoms with Gasteiger partial charge in [0.25, 0.3) is 5.91 Å². The predicted molar refractivity (Wildman–Crippen MR) is 93.5 cm³/mol. The van der Waals surface area contributed by atoms with Gasteiger partial charge in [-0.25, -0.2) is 9.78 Å². The Hall–Kier alpha value is -2.45. The van der Waals surface area contributed by atoms with Crippen LogP contribution in [0.5, 0.6) is 0 Å². The van der Waals surface area contributed by atoms with E-state index in [2.05, 4.69) is 31.2 Å². The van der Waals surface area contributed by atoms with Gasteiger partial charge in [0, 0.05) is 10.4 Å². The molecule has 0 radical (unpaired) electrons. The highest BCUT2D eigenvalue weighted by Crippen LogP contribution is 2.28. The second-order valence-electron chi connectivity index (χ2n) is 4.99. The number of nitrogens with zero attached hydrogens (tertiary/aromatic N) is 2. The molecule has 2 heterocycles. The molecule has 1 amide bonds. The monoisotopic (exact) mass is 423 g/mol. The molecule has 0 aliphatic carbocycles. The molecule has 0 bridgehead atoms. The molecule has 128 valence electrons. The molecule has 0 atom stereocenters. The van der Waals surface area contributed by atoms with E-state index in [1.54, 1.807) is 12.1 Å². The molecule has 0 aliphatic rings. The van der Waals surface area contributed by atoms with E-state index < -0.39 is 11.9 Å². The van der Waals surface area contributed by atoms with Crippen LogP contribution in [0.1, 0.15) is 26.6 Å². The maximum Gasteiger partial charge on any atom is 0.341 e. The minimum absolute atomic E-state index is 0.111. The zero-order valence-corrected chi connectivity index (χ0v) is 15.2. The molecule has 0 saturated heterocycles. The Balaban J connectivity index is 1.83. The number of furan rings is 1. The summed E-state index contributed by atoms with van der Waals surface area (Å²) in [7, 11) is 1.28. The highest BCUT2D eigenvalue weighted by molar-refractivity contribution is 9.10. The number of hydrogen-bond donors (Lipinski definition) is 1. The second kappa shape index (κ2) is 7.20. The van der Waals surface area contributed by atoms with Crippen LogP contribution >= 0.6 is 27.5 Å².